The Bertz CT molecular complexity index is 970. The van der Waals surface area contributed by atoms with E-state index < -0.39 is 5.97 Å². The van der Waals surface area contributed by atoms with Gasteiger partial charge in [-0.2, -0.15) is 0 Å². The van der Waals surface area contributed by atoms with Gasteiger partial charge in [-0.05, 0) is 30.2 Å². The number of rotatable bonds is 5. The number of hydrogen-bond donors (Lipinski definition) is 1. The summed E-state index contributed by atoms with van der Waals surface area (Å²) in [5.74, 6) is 6.14. The number of aromatic nitrogens is 2. The Labute approximate surface area is 148 Å². The van der Waals surface area contributed by atoms with Gasteiger partial charge in [0.2, 0.25) is 0 Å². The zero-order chi connectivity index (χ0) is 17.8. The number of benzene rings is 2. The molecule has 2 aromatic carbocycles. The van der Waals surface area contributed by atoms with Crippen molar-refractivity contribution in [2.75, 3.05) is 18.7 Å². The first-order valence-corrected chi connectivity index (χ1v) is 8.65. The third-order valence-corrected chi connectivity index (χ3v) is 4.71. The van der Waals surface area contributed by atoms with Crippen LogP contribution in [0.2, 0.25) is 0 Å². The summed E-state index contributed by atoms with van der Waals surface area (Å²) in [6.45, 7) is 0. The molecule has 128 valence electrons. The van der Waals surface area contributed by atoms with Crippen LogP contribution >= 0.6 is 11.8 Å². The van der Waals surface area contributed by atoms with E-state index in [2.05, 4.69) is 4.98 Å². The number of esters is 1. The maximum absolute atomic E-state index is 12.4. The minimum Gasteiger partial charge on any atom is -0.465 e. The molecule has 2 N–H and O–H groups in total. The molecule has 0 atom stereocenters. The molecule has 0 unspecified atom stereocenters. The molecular weight excluding hydrogens is 338 g/mol. The van der Waals surface area contributed by atoms with Crippen molar-refractivity contribution in [3.63, 3.8) is 0 Å². The normalized spacial score (nSPS) is 10.8. The van der Waals surface area contributed by atoms with Gasteiger partial charge in [0.1, 0.15) is 0 Å². The summed E-state index contributed by atoms with van der Waals surface area (Å²) < 4.78 is 5.75. The summed E-state index contributed by atoms with van der Waals surface area (Å²) in [4.78, 5) is 28.5. The molecule has 0 saturated heterocycles. The molecule has 1 aromatic heterocycles. The lowest BCUT2D eigenvalue weighted by Crippen LogP contribution is -2.30. The summed E-state index contributed by atoms with van der Waals surface area (Å²) in [6.07, 6.45) is 0.835. The molecule has 0 bridgehead atoms. The van der Waals surface area contributed by atoms with E-state index in [1.165, 1.54) is 30.5 Å². The fraction of sp³-hybridized carbons (Fsp3) is 0.167. The number of nitrogens with zero attached hydrogens (tertiary/aromatic N) is 2. The van der Waals surface area contributed by atoms with Gasteiger partial charge in [-0.15, -0.1) is 0 Å². The van der Waals surface area contributed by atoms with Crippen molar-refractivity contribution in [2.45, 2.75) is 11.6 Å². The third kappa shape index (κ3) is 3.66. The molecule has 25 heavy (non-hydrogen) atoms. The van der Waals surface area contributed by atoms with Gasteiger partial charge in [-0.25, -0.2) is 14.5 Å². The second kappa shape index (κ2) is 7.40. The lowest BCUT2D eigenvalue weighted by atomic mass is 10.1. The first-order valence-electron chi connectivity index (χ1n) is 7.67. The Morgan fingerprint density at radius 2 is 2.00 bits per heavy atom. The Kier molecular flexibility index (Phi) is 5.04. The summed E-state index contributed by atoms with van der Waals surface area (Å²) in [5.41, 5.74) is 1.63. The summed E-state index contributed by atoms with van der Waals surface area (Å²) in [5, 5.41) is 0.776. The van der Waals surface area contributed by atoms with Crippen LogP contribution < -0.4 is 11.4 Å². The first kappa shape index (κ1) is 17.0. The number of carbonyl (C=O) groups is 1. The highest BCUT2D eigenvalue weighted by molar-refractivity contribution is 7.99. The van der Waals surface area contributed by atoms with E-state index in [0.29, 0.717) is 21.6 Å². The average molecular weight is 355 g/mol. The SMILES string of the molecule is COC(=O)c1ccc2c(=O)n(N)c(SCCc3ccccc3)nc2c1. The summed E-state index contributed by atoms with van der Waals surface area (Å²) in [6, 6.07) is 14.7. The Morgan fingerprint density at radius 3 is 2.72 bits per heavy atom. The van der Waals surface area contributed by atoms with Gasteiger partial charge >= 0.3 is 5.97 Å². The van der Waals surface area contributed by atoms with Gasteiger partial charge in [0.25, 0.3) is 5.56 Å². The number of ether oxygens (including phenoxy) is 1. The van der Waals surface area contributed by atoms with Gasteiger partial charge in [-0.3, -0.25) is 4.79 Å². The summed E-state index contributed by atoms with van der Waals surface area (Å²) in [7, 11) is 1.31. The highest BCUT2D eigenvalue weighted by Gasteiger charge is 2.13. The van der Waals surface area contributed by atoms with E-state index in [4.69, 9.17) is 10.6 Å². The first-order chi connectivity index (χ1) is 12.1. The maximum atomic E-state index is 12.4. The molecule has 6 nitrogen and oxygen atoms in total. The van der Waals surface area contributed by atoms with E-state index in [0.717, 1.165) is 16.8 Å². The number of nitrogen functional groups attached to an aromatic ring is 1. The third-order valence-electron chi connectivity index (χ3n) is 3.75. The zero-order valence-electron chi connectivity index (χ0n) is 13.6. The minimum absolute atomic E-state index is 0.344. The van der Waals surface area contributed by atoms with Crippen LogP contribution in [0.15, 0.2) is 58.5 Å². The molecule has 0 aliphatic rings. The van der Waals surface area contributed by atoms with Crippen LogP contribution in [-0.2, 0) is 11.2 Å². The van der Waals surface area contributed by atoms with Gasteiger partial charge in [0.05, 0.1) is 23.6 Å². The highest BCUT2D eigenvalue weighted by atomic mass is 32.2. The molecule has 0 saturated carbocycles. The predicted octanol–water partition coefficient (Wildman–Crippen LogP) is 2.23. The van der Waals surface area contributed by atoms with Crippen LogP contribution in [0.1, 0.15) is 15.9 Å². The standard InChI is InChI=1S/C18H17N3O3S/c1-24-17(23)13-7-8-14-15(11-13)20-18(21(19)16(14)22)25-10-9-12-5-3-2-4-6-12/h2-8,11H,9-10,19H2,1H3. The van der Waals surface area contributed by atoms with Crippen LogP contribution in [0.25, 0.3) is 10.9 Å². The quantitative estimate of drug-likeness (QED) is 0.327. The highest BCUT2D eigenvalue weighted by Crippen LogP contribution is 2.19. The van der Waals surface area contributed by atoms with Crippen molar-refractivity contribution < 1.29 is 9.53 Å². The molecule has 1 heterocycles. The summed E-state index contributed by atoms with van der Waals surface area (Å²) >= 11 is 1.40. The van der Waals surface area contributed by atoms with Crippen LogP contribution in [0.5, 0.6) is 0 Å². The smallest absolute Gasteiger partial charge is 0.337 e. The number of methoxy groups -OCH3 is 1. The van der Waals surface area contributed by atoms with Gasteiger partial charge in [-0.1, -0.05) is 42.1 Å². The van der Waals surface area contributed by atoms with Gasteiger partial charge in [0, 0.05) is 5.75 Å². The molecule has 3 aromatic rings. The Hall–Kier alpha value is -2.80. The topological polar surface area (TPSA) is 87.2 Å². The van der Waals surface area contributed by atoms with E-state index in [9.17, 15) is 9.59 Å². The second-order valence-corrected chi connectivity index (χ2v) is 6.44. The van der Waals surface area contributed by atoms with Crippen LogP contribution in [0, 0.1) is 0 Å². The van der Waals surface area contributed by atoms with Crippen molar-refractivity contribution in [1.29, 1.82) is 0 Å². The maximum Gasteiger partial charge on any atom is 0.337 e. The molecule has 7 heteroatoms. The van der Waals surface area contributed by atoms with Crippen molar-refractivity contribution in [3.05, 3.63) is 70.0 Å². The Morgan fingerprint density at radius 1 is 1.24 bits per heavy atom. The van der Waals surface area contributed by atoms with Crippen molar-refractivity contribution in [1.82, 2.24) is 9.66 Å². The lowest BCUT2D eigenvalue weighted by molar-refractivity contribution is 0.0601. The van der Waals surface area contributed by atoms with Crippen LogP contribution in [-0.4, -0.2) is 28.5 Å². The van der Waals surface area contributed by atoms with E-state index in [-0.39, 0.29) is 5.56 Å². The number of nitrogens with two attached hydrogens (primary N) is 1. The Balaban J connectivity index is 1.88. The zero-order valence-corrected chi connectivity index (χ0v) is 14.5. The molecule has 0 amide bonds. The number of carbonyl (C=O) groups excluding carboxylic acids is 1. The molecule has 0 aliphatic heterocycles. The lowest BCUT2D eigenvalue weighted by Gasteiger charge is -2.09. The number of hydrogen-bond acceptors (Lipinski definition) is 6. The predicted molar refractivity (Wildman–Crippen MR) is 98.4 cm³/mol. The van der Waals surface area contributed by atoms with Crippen molar-refractivity contribution >= 4 is 28.6 Å². The fourth-order valence-electron chi connectivity index (χ4n) is 2.43. The molecule has 3 rings (SSSR count). The van der Waals surface area contributed by atoms with E-state index in [1.54, 1.807) is 12.1 Å². The molecule has 0 aliphatic carbocycles. The van der Waals surface area contributed by atoms with E-state index >= 15 is 0 Å². The van der Waals surface area contributed by atoms with E-state index in [1.807, 2.05) is 30.3 Å². The molecule has 0 radical (unpaired) electrons. The number of thioether (sulfide) groups is 1. The van der Waals surface area contributed by atoms with Crippen LogP contribution in [0.4, 0.5) is 0 Å². The van der Waals surface area contributed by atoms with Crippen LogP contribution in [0.3, 0.4) is 0 Å². The number of aryl methyl sites for hydroxylation is 1. The monoisotopic (exact) mass is 355 g/mol. The largest absolute Gasteiger partial charge is 0.465 e. The molecule has 0 spiro atoms. The molecular formula is C18H17N3O3S. The van der Waals surface area contributed by atoms with Crippen molar-refractivity contribution in [2.24, 2.45) is 0 Å². The molecule has 0 fully saturated rings. The van der Waals surface area contributed by atoms with Gasteiger partial charge in [0.15, 0.2) is 5.16 Å². The van der Waals surface area contributed by atoms with Crippen molar-refractivity contribution in [3.8, 4) is 0 Å². The number of fused-ring (bicyclic) bond motifs is 1. The van der Waals surface area contributed by atoms with Gasteiger partial charge < -0.3 is 10.6 Å². The fourth-order valence-corrected chi connectivity index (χ4v) is 3.34. The second-order valence-electron chi connectivity index (χ2n) is 5.38. The average Bonchev–Trinajstić information content (AvgIpc) is 2.65. The minimum atomic E-state index is -0.473.